The van der Waals surface area contributed by atoms with Crippen LogP contribution in [-0.2, 0) is 0 Å². The number of hydrogen-bond donors (Lipinski definition) is 1. The summed E-state index contributed by atoms with van der Waals surface area (Å²) in [7, 11) is 1.88. The molecule has 0 unspecified atom stereocenters. The predicted octanol–water partition coefficient (Wildman–Crippen LogP) is 2.32. The number of nitrogens with zero attached hydrogens (tertiary/aromatic N) is 4. The summed E-state index contributed by atoms with van der Waals surface area (Å²) < 4.78 is 5.41. The van der Waals surface area contributed by atoms with Crippen molar-refractivity contribution >= 4 is 17.6 Å². The Morgan fingerprint density at radius 3 is 2.50 bits per heavy atom. The minimum Gasteiger partial charge on any atom is -0.463 e. The number of anilines is 3. The van der Waals surface area contributed by atoms with Crippen molar-refractivity contribution in [3.05, 3.63) is 29.8 Å². The quantitative estimate of drug-likeness (QED) is 0.900. The Labute approximate surface area is 118 Å². The zero-order chi connectivity index (χ0) is 14.5. The number of nitrogens with two attached hydrogens (primary N) is 1. The van der Waals surface area contributed by atoms with Gasteiger partial charge in [0.2, 0.25) is 11.9 Å². The van der Waals surface area contributed by atoms with Gasteiger partial charge in [0, 0.05) is 12.7 Å². The average Bonchev–Trinajstić information content (AvgIpc) is 2.44. The molecule has 1 aromatic heterocycles. The molecule has 6 nitrogen and oxygen atoms in total. The van der Waals surface area contributed by atoms with Gasteiger partial charge >= 0.3 is 6.01 Å². The molecule has 106 valence electrons. The summed E-state index contributed by atoms with van der Waals surface area (Å²) in [5.74, 6) is 0.618. The Morgan fingerprint density at radius 1 is 1.15 bits per heavy atom. The van der Waals surface area contributed by atoms with Gasteiger partial charge in [-0.2, -0.15) is 15.0 Å². The largest absolute Gasteiger partial charge is 0.463 e. The molecule has 2 rings (SSSR count). The Kier molecular flexibility index (Phi) is 4.34. The van der Waals surface area contributed by atoms with Crippen LogP contribution in [0.15, 0.2) is 24.3 Å². The van der Waals surface area contributed by atoms with Crippen LogP contribution in [-0.4, -0.2) is 28.6 Å². The van der Waals surface area contributed by atoms with Gasteiger partial charge in [-0.1, -0.05) is 24.6 Å². The molecule has 0 fully saturated rings. The van der Waals surface area contributed by atoms with Crippen molar-refractivity contribution in [2.45, 2.75) is 20.3 Å². The molecular formula is C14H19N5O. The molecule has 2 aromatic rings. The van der Waals surface area contributed by atoms with Crippen molar-refractivity contribution in [1.29, 1.82) is 0 Å². The molecule has 0 saturated heterocycles. The highest BCUT2D eigenvalue weighted by Crippen LogP contribution is 2.22. The molecule has 0 atom stereocenters. The number of hydrogen-bond acceptors (Lipinski definition) is 6. The summed E-state index contributed by atoms with van der Waals surface area (Å²) in [5.41, 5.74) is 7.88. The molecular weight excluding hydrogens is 254 g/mol. The van der Waals surface area contributed by atoms with Gasteiger partial charge in [0.05, 0.1) is 6.61 Å². The first-order valence-electron chi connectivity index (χ1n) is 6.55. The molecule has 0 aliphatic rings. The van der Waals surface area contributed by atoms with Crippen molar-refractivity contribution in [1.82, 2.24) is 15.0 Å². The third-order valence-corrected chi connectivity index (χ3v) is 2.78. The van der Waals surface area contributed by atoms with Crippen LogP contribution in [0.25, 0.3) is 0 Å². The summed E-state index contributed by atoms with van der Waals surface area (Å²) in [6.07, 6.45) is 0.884. The lowest BCUT2D eigenvalue weighted by atomic mass is 10.2. The number of aryl methyl sites for hydroxylation is 1. The van der Waals surface area contributed by atoms with E-state index < -0.39 is 0 Å². The van der Waals surface area contributed by atoms with Gasteiger partial charge in [-0.05, 0) is 25.5 Å². The molecule has 1 heterocycles. The first kappa shape index (κ1) is 14.0. The summed E-state index contributed by atoms with van der Waals surface area (Å²) in [5, 5.41) is 0. The van der Waals surface area contributed by atoms with Gasteiger partial charge in [0.25, 0.3) is 0 Å². The first-order valence-corrected chi connectivity index (χ1v) is 6.55. The molecule has 0 bridgehead atoms. The van der Waals surface area contributed by atoms with Crippen LogP contribution in [0, 0.1) is 6.92 Å². The van der Waals surface area contributed by atoms with Crippen molar-refractivity contribution < 1.29 is 4.74 Å². The predicted molar refractivity (Wildman–Crippen MR) is 79.3 cm³/mol. The number of aromatic nitrogens is 3. The molecule has 0 radical (unpaired) electrons. The highest BCUT2D eigenvalue weighted by atomic mass is 16.5. The smallest absolute Gasteiger partial charge is 0.323 e. The molecule has 0 aliphatic heterocycles. The minimum absolute atomic E-state index is 0.153. The Bertz CT molecular complexity index is 570. The molecule has 2 N–H and O–H groups in total. The number of benzene rings is 1. The number of nitrogen functional groups attached to an aromatic ring is 1. The zero-order valence-electron chi connectivity index (χ0n) is 12.0. The fourth-order valence-electron chi connectivity index (χ4n) is 1.65. The van der Waals surface area contributed by atoms with E-state index in [-0.39, 0.29) is 12.0 Å². The molecule has 0 aliphatic carbocycles. The van der Waals surface area contributed by atoms with Gasteiger partial charge in [0.1, 0.15) is 0 Å². The maximum absolute atomic E-state index is 5.70. The summed E-state index contributed by atoms with van der Waals surface area (Å²) >= 11 is 0. The average molecular weight is 273 g/mol. The second-order valence-corrected chi connectivity index (χ2v) is 4.52. The number of rotatable bonds is 5. The topological polar surface area (TPSA) is 77.2 Å². The third kappa shape index (κ3) is 3.34. The van der Waals surface area contributed by atoms with E-state index in [0.717, 1.165) is 12.1 Å². The maximum atomic E-state index is 5.70. The van der Waals surface area contributed by atoms with Crippen LogP contribution in [0.5, 0.6) is 6.01 Å². The van der Waals surface area contributed by atoms with Gasteiger partial charge in [-0.15, -0.1) is 0 Å². The lowest BCUT2D eigenvalue weighted by Gasteiger charge is -2.17. The van der Waals surface area contributed by atoms with Crippen LogP contribution in [0.4, 0.5) is 17.6 Å². The molecule has 1 aromatic carbocycles. The van der Waals surface area contributed by atoms with Crippen LogP contribution in [0.2, 0.25) is 0 Å². The van der Waals surface area contributed by atoms with Gasteiger partial charge in [-0.25, -0.2) is 0 Å². The zero-order valence-corrected chi connectivity index (χ0v) is 12.0. The SMILES string of the molecule is CCCOc1nc(N)nc(N(C)c2ccc(C)cc2)n1. The second-order valence-electron chi connectivity index (χ2n) is 4.52. The first-order chi connectivity index (χ1) is 9.60. The fraction of sp³-hybridized carbons (Fsp3) is 0.357. The van der Waals surface area contributed by atoms with E-state index >= 15 is 0 Å². The van der Waals surface area contributed by atoms with Gasteiger partial charge < -0.3 is 15.4 Å². The highest BCUT2D eigenvalue weighted by Gasteiger charge is 2.11. The summed E-state index contributed by atoms with van der Waals surface area (Å²) in [6.45, 7) is 4.61. The number of ether oxygens (including phenoxy) is 1. The minimum atomic E-state index is 0.153. The second kappa shape index (κ2) is 6.18. The lowest BCUT2D eigenvalue weighted by Crippen LogP contribution is -2.16. The van der Waals surface area contributed by atoms with Crippen LogP contribution in [0.1, 0.15) is 18.9 Å². The van der Waals surface area contributed by atoms with Crippen LogP contribution in [0.3, 0.4) is 0 Å². The Balaban J connectivity index is 2.26. The molecule has 6 heteroatoms. The standard InChI is InChI=1S/C14H19N5O/c1-4-9-20-14-17-12(15)16-13(18-14)19(3)11-7-5-10(2)6-8-11/h5-8H,4,9H2,1-3H3,(H2,15,16,17,18). The maximum Gasteiger partial charge on any atom is 0.323 e. The Morgan fingerprint density at radius 2 is 1.85 bits per heavy atom. The van der Waals surface area contributed by atoms with E-state index in [9.17, 15) is 0 Å². The molecule has 0 saturated carbocycles. The molecule has 0 amide bonds. The normalized spacial score (nSPS) is 10.3. The summed E-state index contributed by atoms with van der Waals surface area (Å²) in [6, 6.07) is 8.33. The van der Waals surface area contributed by atoms with Crippen molar-refractivity contribution in [2.75, 3.05) is 24.3 Å². The van der Waals surface area contributed by atoms with Crippen LogP contribution >= 0.6 is 0 Å². The van der Waals surface area contributed by atoms with Crippen molar-refractivity contribution in [2.24, 2.45) is 0 Å². The van der Waals surface area contributed by atoms with Crippen LogP contribution < -0.4 is 15.4 Å². The van der Waals surface area contributed by atoms with E-state index in [1.54, 1.807) is 0 Å². The van der Waals surface area contributed by atoms with Crippen molar-refractivity contribution in [3.63, 3.8) is 0 Å². The fourth-order valence-corrected chi connectivity index (χ4v) is 1.65. The molecule has 20 heavy (non-hydrogen) atoms. The van der Waals surface area contributed by atoms with E-state index in [1.807, 2.05) is 50.1 Å². The molecule has 0 spiro atoms. The lowest BCUT2D eigenvalue weighted by molar-refractivity contribution is 0.292. The van der Waals surface area contributed by atoms with E-state index in [1.165, 1.54) is 5.56 Å². The highest BCUT2D eigenvalue weighted by molar-refractivity contribution is 5.57. The Hall–Kier alpha value is -2.37. The third-order valence-electron chi connectivity index (χ3n) is 2.78. The van der Waals surface area contributed by atoms with Gasteiger partial charge in [0.15, 0.2) is 0 Å². The monoisotopic (exact) mass is 273 g/mol. The van der Waals surface area contributed by atoms with E-state index in [4.69, 9.17) is 10.5 Å². The van der Waals surface area contributed by atoms with E-state index in [2.05, 4.69) is 15.0 Å². The van der Waals surface area contributed by atoms with Crippen molar-refractivity contribution in [3.8, 4) is 6.01 Å². The summed E-state index contributed by atoms with van der Waals surface area (Å²) in [4.78, 5) is 14.2. The van der Waals surface area contributed by atoms with E-state index in [0.29, 0.717) is 12.6 Å². The van der Waals surface area contributed by atoms with Gasteiger partial charge in [-0.3, -0.25) is 0 Å².